The Morgan fingerprint density at radius 2 is 2.21 bits per heavy atom. The quantitative estimate of drug-likeness (QED) is 0.863. The van der Waals surface area contributed by atoms with Gasteiger partial charge in [0.2, 0.25) is 0 Å². The molecule has 3 rings (SSSR count). The third-order valence-electron chi connectivity index (χ3n) is 3.72. The summed E-state index contributed by atoms with van der Waals surface area (Å²) in [6, 6.07) is 0. The van der Waals surface area contributed by atoms with Gasteiger partial charge in [0.05, 0.1) is 16.4 Å². The van der Waals surface area contributed by atoms with Crippen LogP contribution in [0.3, 0.4) is 0 Å². The van der Waals surface area contributed by atoms with Crippen molar-refractivity contribution in [2.75, 3.05) is 13.1 Å². The van der Waals surface area contributed by atoms with Gasteiger partial charge in [-0.1, -0.05) is 0 Å². The standard InChI is InChI=1S/C14H20N4S/c1-10-6-17(3)14(15-10)12-4-5-18(7-12)8-13-9-19-11(2)16-13/h6,9,12H,4-5,7-8H2,1-3H3/t12-/m1/s1. The number of imidazole rings is 1. The Labute approximate surface area is 118 Å². The molecule has 0 spiro atoms. The fourth-order valence-corrected chi connectivity index (χ4v) is 3.51. The molecule has 0 aromatic carbocycles. The second kappa shape index (κ2) is 5.06. The van der Waals surface area contributed by atoms with Gasteiger partial charge in [0, 0.05) is 37.6 Å². The van der Waals surface area contributed by atoms with Crippen molar-refractivity contribution in [3.8, 4) is 0 Å². The molecular formula is C14H20N4S. The van der Waals surface area contributed by atoms with Gasteiger partial charge < -0.3 is 4.57 Å². The predicted octanol–water partition coefficient (Wildman–Crippen LogP) is 2.48. The second-order valence-electron chi connectivity index (χ2n) is 5.43. The molecule has 0 N–H and O–H groups in total. The van der Waals surface area contributed by atoms with E-state index in [1.165, 1.54) is 17.9 Å². The van der Waals surface area contributed by atoms with Crippen LogP contribution in [0.1, 0.15) is 34.6 Å². The maximum Gasteiger partial charge on any atom is 0.113 e. The van der Waals surface area contributed by atoms with Crippen LogP contribution in [0.5, 0.6) is 0 Å². The number of hydrogen-bond acceptors (Lipinski definition) is 4. The summed E-state index contributed by atoms with van der Waals surface area (Å²) in [7, 11) is 2.10. The molecule has 1 aliphatic rings. The van der Waals surface area contributed by atoms with Crippen molar-refractivity contribution in [1.82, 2.24) is 19.4 Å². The summed E-state index contributed by atoms with van der Waals surface area (Å²) in [6.07, 6.45) is 3.31. The molecule has 1 fully saturated rings. The zero-order valence-corrected chi connectivity index (χ0v) is 12.6. The summed E-state index contributed by atoms with van der Waals surface area (Å²) in [4.78, 5) is 11.7. The van der Waals surface area contributed by atoms with Crippen molar-refractivity contribution < 1.29 is 0 Å². The number of likely N-dealkylation sites (tertiary alicyclic amines) is 1. The minimum absolute atomic E-state index is 0.568. The van der Waals surface area contributed by atoms with E-state index in [4.69, 9.17) is 0 Å². The highest BCUT2D eigenvalue weighted by atomic mass is 32.1. The van der Waals surface area contributed by atoms with Crippen LogP contribution in [0, 0.1) is 13.8 Å². The number of aryl methyl sites for hydroxylation is 3. The molecule has 2 aromatic rings. The number of hydrogen-bond donors (Lipinski definition) is 0. The monoisotopic (exact) mass is 276 g/mol. The number of nitrogens with zero attached hydrogens (tertiary/aromatic N) is 4. The van der Waals surface area contributed by atoms with E-state index >= 15 is 0 Å². The van der Waals surface area contributed by atoms with Crippen LogP contribution in [0.2, 0.25) is 0 Å². The van der Waals surface area contributed by atoms with E-state index in [0.29, 0.717) is 5.92 Å². The van der Waals surface area contributed by atoms with E-state index in [1.807, 2.05) is 0 Å². The zero-order valence-electron chi connectivity index (χ0n) is 11.8. The summed E-state index contributed by atoms with van der Waals surface area (Å²) in [5.41, 5.74) is 2.32. The molecule has 19 heavy (non-hydrogen) atoms. The molecule has 1 atom stereocenters. The Bertz CT molecular complexity index is 572. The van der Waals surface area contributed by atoms with Crippen LogP contribution in [0.4, 0.5) is 0 Å². The van der Waals surface area contributed by atoms with Crippen LogP contribution < -0.4 is 0 Å². The van der Waals surface area contributed by atoms with Gasteiger partial charge in [0.25, 0.3) is 0 Å². The largest absolute Gasteiger partial charge is 0.337 e. The van der Waals surface area contributed by atoms with Crippen LogP contribution in [0.15, 0.2) is 11.6 Å². The predicted molar refractivity (Wildman–Crippen MR) is 77.4 cm³/mol. The van der Waals surface area contributed by atoms with Gasteiger partial charge in [-0.2, -0.15) is 0 Å². The van der Waals surface area contributed by atoms with Gasteiger partial charge in [0.1, 0.15) is 5.82 Å². The smallest absolute Gasteiger partial charge is 0.113 e. The Balaban J connectivity index is 1.65. The fraction of sp³-hybridized carbons (Fsp3) is 0.571. The first-order valence-corrected chi connectivity index (χ1v) is 7.63. The van der Waals surface area contributed by atoms with Crippen molar-refractivity contribution in [2.45, 2.75) is 32.7 Å². The molecule has 1 saturated heterocycles. The minimum Gasteiger partial charge on any atom is -0.337 e. The van der Waals surface area contributed by atoms with E-state index in [2.05, 4.69) is 51.9 Å². The molecule has 0 saturated carbocycles. The molecule has 1 aliphatic heterocycles. The van der Waals surface area contributed by atoms with E-state index in [-0.39, 0.29) is 0 Å². The maximum atomic E-state index is 4.66. The average molecular weight is 276 g/mol. The highest BCUT2D eigenvalue weighted by Crippen LogP contribution is 2.27. The lowest BCUT2D eigenvalue weighted by Gasteiger charge is -2.14. The lowest BCUT2D eigenvalue weighted by atomic mass is 10.1. The average Bonchev–Trinajstić information content (AvgIpc) is 3.02. The van der Waals surface area contributed by atoms with Gasteiger partial charge in [-0.3, -0.25) is 4.90 Å². The van der Waals surface area contributed by atoms with Crippen molar-refractivity contribution >= 4 is 11.3 Å². The van der Waals surface area contributed by atoms with Crippen molar-refractivity contribution in [3.05, 3.63) is 33.8 Å². The Hall–Kier alpha value is -1.20. The molecule has 0 amide bonds. The molecule has 102 valence electrons. The lowest BCUT2D eigenvalue weighted by molar-refractivity contribution is 0.321. The second-order valence-corrected chi connectivity index (χ2v) is 6.49. The van der Waals surface area contributed by atoms with Crippen molar-refractivity contribution in [2.24, 2.45) is 7.05 Å². The lowest BCUT2D eigenvalue weighted by Crippen LogP contribution is -2.20. The first-order chi connectivity index (χ1) is 9.11. The van der Waals surface area contributed by atoms with E-state index in [1.54, 1.807) is 11.3 Å². The third kappa shape index (κ3) is 2.72. The van der Waals surface area contributed by atoms with Crippen LogP contribution in [-0.2, 0) is 13.6 Å². The van der Waals surface area contributed by atoms with E-state index < -0.39 is 0 Å². The topological polar surface area (TPSA) is 34.0 Å². The summed E-state index contributed by atoms with van der Waals surface area (Å²) >= 11 is 1.74. The number of rotatable bonds is 3. The van der Waals surface area contributed by atoms with Crippen LogP contribution in [-0.4, -0.2) is 32.5 Å². The van der Waals surface area contributed by atoms with Crippen molar-refractivity contribution in [3.63, 3.8) is 0 Å². The van der Waals surface area contributed by atoms with Gasteiger partial charge >= 0.3 is 0 Å². The normalized spacial score (nSPS) is 20.3. The molecule has 0 bridgehead atoms. The van der Waals surface area contributed by atoms with Gasteiger partial charge in [0.15, 0.2) is 0 Å². The summed E-state index contributed by atoms with van der Waals surface area (Å²) in [6.45, 7) is 7.35. The van der Waals surface area contributed by atoms with E-state index in [0.717, 1.165) is 30.3 Å². The van der Waals surface area contributed by atoms with Gasteiger partial charge in [-0.25, -0.2) is 9.97 Å². The van der Waals surface area contributed by atoms with Crippen molar-refractivity contribution in [1.29, 1.82) is 0 Å². The number of thiazole rings is 1. The first kappa shape index (κ1) is 12.8. The van der Waals surface area contributed by atoms with Crippen LogP contribution in [0.25, 0.3) is 0 Å². The van der Waals surface area contributed by atoms with Crippen LogP contribution >= 0.6 is 11.3 Å². The van der Waals surface area contributed by atoms with Gasteiger partial charge in [-0.15, -0.1) is 11.3 Å². The molecule has 3 heterocycles. The fourth-order valence-electron chi connectivity index (χ4n) is 2.91. The van der Waals surface area contributed by atoms with E-state index in [9.17, 15) is 0 Å². The molecule has 5 heteroatoms. The highest BCUT2D eigenvalue weighted by Gasteiger charge is 2.27. The summed E-state index contributed by atoms with van der Waals surface area (Å²) in [5.74, 6) is 1.80. The molecule has 0 radical (unpaired) electrons. The SMILES string of the molecule is Cc1cn(C)c([C@@H]2CCN(Cc3csc(C)n3)C2)n1. The van der Waals surface area contributed by atoms with Gasteiger partial charge in [-0.05, 0) is 26.8 Å². The molecular weight excluding hydrogens is 256 g/mol. The third-order valence-corrected chi connectivity index (χ3v) is 4.54. The first-order valence-electron chi connectivity index (χ1n) is 6.75. The molecule has 0 aliphatic carbocycles. The molecule has 0 unspecified atom stereocenters. The highest BCUT2D eigenvalue weighted by molar-refractivity contribution is 7.09. The Kier molecular flexibility index (Phi) is 3.41. The minimum atomic E-state index is 0.568. The summed E-state index contributed by atoms with van der Waals surface area (Å²) in [5, 5.41) is 3.33. The Morgan fingerprint density at radius 1 is 1.37 bits per heavy atom. The molecule has 4 nitrogen and oxygen atoms in total. The summed E-state index contributed by atoms with van der Waals surface area (Å²) < 4.78 is 2.18. The molecule has 2 aromatic heterocycles. The number of aromatic nitrogens is 3. The zero-order chi connectivity index (χ0) is 13.4. The maximum absolute atomic E-state index is 4.66. The Morgan fingerprint density at radius 3 is 2.84 bits per heavy atom.